The van der Waals surface area contributed by atoms with Crippen molar-refractivity contribution in [1.29, 1.82) is 0 Å². The van der Waals surface area contributed by atoms with Gasteiger partial charge in [0, 0.05) is 25.7 Å². The maximum Gasteiger partial charge on any atom is 0.472 e. The zero-order valence-corrected chi connectivity index (χ0v) is 53.0. The molecule has 0 heterocycles. The summed E-state index contributed by atoms with van der Waals surface area (Å²) in [5.41, 5.74) is 0. The van der Waals surface area contributed by atoms with E-state index in [1.54, 1.807) is 0 Å². The van der Waals surface area contributed by atoms with Gasteiger partial charge in [-0.2, -0.15) is 0 Å². The van der Waals surface area contributed by atoms with Crippen LogP contribution in [0, 0.1) is 5.92 Å². The molecule has 0 spiro atoms. The SMILES string of the molecule is CCCCCCCCCCCCCCCCCCCC(=O)O[C@H](COC(=O)CCCCCCCCC(C)C)COP(=O)(O)OC[C@@H](O)COP(=O)(O)OC[C@@H](COC(=O)CCCCCCC)OC(=O)CCCCCCCCCCC. The lowest BCUT2D eigenvalue weighted by Gasteiger charge is -2.21. The summed E-state index contributed by atoms with van der Waals surface area (Å²) in [5, 5.41) is 10.5. The van der Waals surface area contributed by atoms with Crippen molar-refractivity contribution >= 4 is 39.5 Å². The minimum absolute atomic E-state index is 0.105. The molecule has 0 aliphatic carbocycles. The molecule has 0 aliphatic rings. The predicted molar refractivity (Wildman–Crippen MR) is 317 cm³/mol. The number of carbonyl (C=O) groups excluding carboxylic acids is 4. The first kappa shape index (κ1) is 78.1. The molecule has 0 aliphatic heterocycles. The van der Waals surface area contributed by atoms with E-state index in [1.165, 1.54) is 116 Å². The quantitative estimate of drug-likeness (QED) is 0.0222. The molecule has 0 fully saturated rings. The molecule has 474 valence electrons. The highest BCUT2D eigenvalue weighted by atomic mass is 31.2. The maximum absolute atomic E-state index is 12.9. The summed E-state index contributed by atoms with van der Waals surface area (Å²) in [6.45, 7) is 6.99. The lowest BCUT2D eigenvalue weighted by molar-refractivity contribution is -0.161. The summed E-state index contributed by atoms with van der Waals surface area (Å²) >= 11 is 0. The Labute approximate surface area is 486 Å². The van der Waals surface area contributed by atoms with Crippen LogP contribution in [0.25, 0.3) is 0 Å². The molecular weight excluding hydrogens is 1070 g/mol. The summed E-state index contributed by atoms with van der Waals surface area (Å²) in [4.78, 5) is 71.7. The summed E-state index contributed by atoms with van der Waals surface area (Å²) in [7, 11) is -9.87. The number of rotatable bonds is 61. The predicted octanol–water partition coefficient (Wildman–Crippen LogP) is 16.6. The fourth-order valence-corrected chi connectivity index (χ4v) is 10.6. The Kier molecular flexibility index (Phi) is 53.6. The third-order valence-electron chi connectivity index (χ3n) is 14.0. The topological polar surface area (TPSA) is 237 Å². The van der Waals surface area contributed by atoms with Crippen LogP contribution in [-0.4, -0.2) is 96.7 Å². The van der Waals surface area contributed by atoms with Gasteiger partial charge in [0.05, 0.1) is 26.4 Å². The Hall–Kier alpha value is -1.94. The van der Waals surface area contributed by atoms with Crippen LogP contribution in [0.4, 0.5) is 0 Å². The first-order valence-electron chi connectivity index (χ1n) is 32.1. The summed E-state index contributed by atoms with van der Waals surface area (Å²) in [6.07, 6.45) is 38.1. The Morgan fingerprint density at radius 3 is 0.850 bits per heavy atom. The van der Waals surface area contributed by atoms with Crippen LogP contribution in [0.15, 0.2) is 0 Å². The standard InChI is InChI=1S/C61H118O17P2/c1-6-9-12-15-17-19-20-21-22-23-24-25-26-28-30-37-42-47-61(66)78-57(51-72-59(64)45-40-35-32-31-34-38-43-54(4)5)53-76-80(69,70)74-49-55(62)48-73-79(67,68)75-52-56(50-71-58(63)44-39-33-14-11-8-3)77-60(65)46-41-36-29-27-18-16-13-10-7-2/h54-57,62H,6-53H2,1-5H3,(H,67,68)(H,69,70)/t55-,56+,57+/m0/s1. The number of hydrogen-bond acceptors (Lipinski definition) is 15. The van der Waals surface area contributed by atoms with E-state index >= 15 is 0 Å². The third kappa shape index (κ3) is 55.3. The van der Waals surface area contributed by atoms with Gasteiger partial charge in [-0.3, -0.25) is 37.3 Å². The Morgan fingerprint density at radius 1 is 0.338 bits per heavy atom. The van der Waals surface area contributed by atoms with E-state index in [-0.39, 0.29) is 25.7 Å². The van der Waals surface area contributed by atoms with Gasteiger partial charge in [0.1, 0.15) is 19.3 Å². The van der Waals surface area contributed by atoms with Crippen LogP contribution in [0.1, 0.15) is 304 Å². The fourth-order valence-electron chi connectivity index (χ4n) is 9.05. The lowest BCUT2D eigenvalue weighted by Crippen LogP contribution is -2.30. The molecule has 2 unspecified atom stereocenters. The second kappa shape index (κ2) is 55.0. The first-order valence-corrected chi connectivity index (χ1v) is 35.1. The van der Waals surface area contributed by atoms with E-state index in [4.69, 9.17) is 37.0 Å². The van der Waals surface area contributed by atoms with Gasteiger partial charge in [-0.05, 0) is 31.6 Å². The number of carbonyl (C=O) groups is 4. The van der Waals surface area contributed by atoms with E-state index in [2.05, 4.69) is 34.6 Å². The molecule has 80 heavy (non-hydrogen) atoms. The van der Waals surface area contributed by atoms with Gasteiger partial charge in [-0.1, -0.05) is 253 Å². The second-order valence-corrected chi connectivity index (χ2v) is 25.5. The van der Waals surface area contributed by atoms with Crippen molar-refractivity contribution in [2.45, 2.75) is 323 Å². The third-order valence-corrected chi connectivity index (χ3v) is 15.9. The van der Waals surface area contributed by atoms with Crippen molar-refractivity contribution in [2.75, 3.05) is 39.6 Å². The van der Waals surface area contributed by atoms with Gasteiger partial charge in [-0.25, -0.2) is 9.13 Å². The van der Waals surface area contributed by atoms with Gasteiger partial charge in [0.25, 0.3) is 0 Å². The van der Waals surface area contributed by atoms with Gasteiger partial charge >= 0.3 is 39.5 Å². The van der Waals surface area contributed by atoms with Crippen LogP contribution >= 0.6 is 15.6 Å². The number of aliphatic hydroxyl groups excluding tert-OH is 1. The molecule has 0 aromatic carbocycles. The Balaban J connectivity index is 5.12. The molecule has 0 amide bonds. The lowest BCUT2D eigenvalue weighted by atomic mass is 10.0. The maximum atomic E-state index is 12.9. The first-order chi connectivity index (χ1) is 38.5. The minimum Gasteiger partial charge on any atom is -0.462 e. The smallest absolute Gasteiger partial charge is 0.462 e. The number of esters is 4. The molecule has 0 saturated carbocycles. The second-order valence-electron chi connectivity index (χ2n) is 22.6. The number of hydrogen-bond donors (Lipinski definition) is 3. The number of aliphatic hydroxyl groups is 1. The van der Waals surface area contributed by atoms with Crippen LogP contribution < -0.4 is 0 Å². The molecule has 5 atom stereocenters. The van der Waals surface area contributed by atoms with Gasteiger partial charge in [0.2, 0.25) is 0 Å². The van der Waals surface area contributed by atoms with Crippen molar-refractivity contribution in [3.63, 3.8) is 0 Å². The number of ether oxygens (including phenoxy) is 4. The largest absolute Gasteiger partial charge is 0.472 e. The van der Waals surface area contributed by atoms with Gasteiger partial charge in [-0.15, -0.1) is 0 Å². The monoisotopic (exact) mass is 1180 g/mol. The van der Waals surface area contributed by atoms with Crippen LogP contribution in [-0.2, 0) is 65.4 Å². The average Bonchev–Trinajstić information content (AvgIpc) is 3.42. The number of phosphoric acid groups is 2. The van der Waals surface area contributed by atoms with Gasteiger partial charge < -0.3 is 33.8 Å². The normalized spacial score (nSPS) is 14.3. The summed E-state index contributed by atoms with van der Waals surface area (Å²) < 4.78 is 67.6. The van der Waals surface area contributed by atoms with E-state index in [0.29, 0.717) is 31.6 Å². The van der Waals surface area contributed by atoms with Crippen molar-refractivity contribution < 1.29 is 80.2 Å². The highest BCUT2D eigenvalue weighted by Gasteiger charge is 2.30. The molecular formula is C61H118O17P2. The van der Waals surface area contributed by atoms with E-state index in [9.17, 15) is 43.2 Å². The molecule has 19 heteroatoms. The number of unbranched alkanes of at least 4 members (excludes halogenated alkanes) is 33. The van der Waals surface area contributed by atoms with Crippen LogP contribution in [0.3, 0.4) is 0 Å². The molecule has 0 aromatic heterocycles. The zero-order valence-electron chi connectivity index (χ0n) is 51.2. The Morgan fingerprint density at radius 2 is 0.575 bits per heavy atom. The van der Waals surface area contributed by atoms with Crippen LogP contribution in [0.5, 0.6) is 0 Å². The van der Waals surface area contributed by atoms with E-state index < -0.39 is 97.5 Å². The van der Waals surface area contributed by atoms with Gasteiger partial charge in [0.15, 0.2) is 12.2 Å². The van der Waals surface area contributed by atoms with Crippen molar-refractivity contribution in [3.8, 4) is 0 Å². The summed E-state index contributed by atoms with van der Waals surface area (Å²) in [5.74, 6) is -1.47. The average molecular weight is 1190 g/mol. The van der Waals surface area contributed by atoms with E-state index in [1.807, 2.05) is 0 Å². The van der Waals surface area contributed by atoms with Crippen molar-refractivity contribution in [3.05, 3.63) is 0 Å². The van der Waals surface area contributed by atoms with E-state index in [0.717, 1.165) is 103 Å². The number of phosphoric ester groups is 2. The zero-order chi connectivity index (χ0) is 59.2. The highest BCUT2D eigenvalue weighted by Crippen LogP contribution is 2.45. The molecule has 0 bridgehead atoms. The Bertz CT molecular complexity index is 1570. The minimum atomic E-state index is -4.94. The van der Waals surface area contributed by atoms with Crippen molar-refractivity contribution in [1.82, 2.24) is 0 Å². The summed E-state index contributed by atoms with van der Waals surface area (Å²) in [6, 6.07) is 0. The molecule has 17 nitrogen and oxygen atoms in total. The molecule has 0 radical (unpaired) electrons. The fraction of sp³-hybridized carbons (Fsp3) is 0.934. The molecule has 3 N–H and O–H groups in total. The molecule has 0 rings (SSSR count). The van der Waals surface area contributed by atoms with Crippen LogP contribution in [0.2, 0.25) is 0 Å². The van der Waals surface area contributed by atoms with Crippen molar-refractivity contribution in [2.24, 2.45) is 5.92 Å². The highest BCUT2D eigenvalue weighted by molar-refractivity contribution is 7.47. The molecule has 0 saturated heterocycles. The molecule has 0 aromatic rings.